The van der Waals surface area contributed by atoms with Gasteiger partial charge in [0.2, 0.25) is 0 Å². The second-order valence-corrected chi connectivity index (χ2v) is 30.8. The minimum absolute atomic E-state index is 0.133. The van der Waals surface area contributed by atoms with Gasteiger partial charge in [0, 0.05) is 89.6 Å². The molecule has 0 bridgehead atoms. The fourth-order valence-electron chi connectivity index (χ4n) is 13.9. The quantitative estimate of drug-likeness (QED) is 0.0259. The van der Waals surface area contributed by atoms with Crippen molar-refractivity contribution in [2.45, 2.75) is 125 Å². The van der Waals surface area contributed by atoms with E-state index >= 15 is 0 Å². The Labute approximate surface area is 637 Å². The third-order valence-electron chi connectivity index (χ3n) is 20.5. The van der Waals surface area contributed by atoms with Gasteiger partial charge >= 0.3 is 11.9 Å². The van der Waals surface area contributed by atoms with Crippen LogP contribution in [0.25, 0.3) is 33.4 Å². The van der Waals surface area contributed by atoms with Gasteiger partial charge in [-0.1, -0.05) is 182 Å². The van der Waals surface area contributed by atoms with Crippen LogP contribution in [-0.2, 0) is 9.59 Å². The van der Waals surface area contributed by atoms with Gasteiger partial charge in [0.05, 0.1) is 10.8 Å². The molecule has 9 aromatic carbocycles. The minimum atomic E-state index is -0.569. The predicted octanol–water partition coefficient (Wildman–Crippen LogP) is 19.4. The molecule has 0 radical (unpaired) electrons. The van der Waals surface area contributed by atoms with Gasteiger partial charge in [-0.3, -0.25) is 14.5 Å². The Morgan fingerprint density at radius 2 is 0.692 bits per heavy atom. The molecule has 4 N–H and O–H groups in total. The lowest BCUT2D eigenvalue weighted by Crippen LogP contribution is -2.48. The summed E-state index contributed by atoms with van der Waals surface area (Å²) in [5.41, 5.74) is 19.9. The first-order valence-electron chi connectivity index (χ1n) is 38.6. The number of esters is 2. The number of aliphatic hydroxyl groups is 3. The summed E-state index contributed by atoms with van der Waals surface area (Å²) in [6.45, 7) is 24.5. The number of aromatic hydroxyl groups is 1. The molecule has 107 heavy (non-hydrogen) atoms. The van der Waals surface area contributed by atoms with Crippen molar-refractivity contribution in [2.75, 3.05) is 89.0 Å². The molecule has 3 aliphatic rings. The maximum Gasteiger partial charge on any atom is 0.316 e. The molecule has 0 aromatic heterocycles. The Morgan fingerprint density at radius 3 is 0.981 bits per heavy atom. The third kappa shape index (κ3) is 22.2. The van der Waals surface area contributed by atoms with Crippen molar-refractivity contribution in [2.24, 2.45) is 10.8 Å². The Kier molecular flexibility index (Phi) is 28.9. The zero-order valence-corrected chi connectivity index (χ0v) is 64.5. The van der Waals surface area contributed by atoms with E-state index in [-0.39, 0.29) is 37.5 Å². The molecule has 0 amide bonds. The summed E-state index contributed by atoms with van der Waals surface area (Å²) >= 11 is 0. The molecule has 0 unspecified atom stereocenters. The number of rotatable bonds is 24. The summed E-state index contributed by atoms with van der Waals surface area (Å²) in [4.78, 5) is 34.6. The summed E-state index contributed by atoms with van der Waals surface area (Å²) in [5.74, 6) is 1.53. The van der Waals surface area contributed by atoms with E-state index < -0.39 is 10.8 Å². The molecular formula is C95H112N4O8. The zero-order valence-electron chi connectivity index (χ0n) is 64.5. The highest BCUT2D eigenvalue weighted by molar-refractivity contribution is 6.01. The first-order valence-corrected chi connectivity index (χ1v) is 38.6. The van der Waals surface area contributed by atoms with Gasteiger partial charge in [-0.25, -0.2) is 0 Å². The van der Waals surface area contributed by atoms with E-state index in [1.165, 1.54) is 52.9 Å². The van der Waals surface area contributed by atoms with Crippen molar-refractivity contribution >= 4 is 56.8 Å². The van der Waals surface area contributed by atoms with E-state index in [2.05, 4.69) is 186 Å². The molecule has 12 heteroatoms. The van der Waals surface area contributed by atoms with Gasteiger partial charge in [-0.15, -0.1) is 0 Å². The second kappa shape index (κ2) is 38.7. The number of hydrogen-bond donors (Lipinski definition) is 4. The predicted molar refractivity (Wildman–Crippen MR) is 442 cm³/mol. The summed E-state index contributed by atoms with van der Waals surface area (Å²) in [5, 5.41) is 38.8. The molecule has 9 aromatic rings. The van der Waals surface area contributed by atoms with Crippen LogP contribution < -0.4 is 19.3 Å². The molecule has 560 valence electrons. The molecule has 0 spiro atoms. The van der Waals surface area contributed by atoms with Crippen molar-refractivity contribution < 1.29 is 39.5 Å². The minimum Gasteiger partial charge on any atom is -0.508 e. The van der Waals surface area contributed by atoms with Crippen LogP contribution in [0.5, 0.6) is 17.2 Å². The lowest BCUT2D eigenvalue weighted by Gasteiger charge is -2.38. The van der Waals surface area contributed by atoms with Crippen LogP contribution in [0.3, 0.4) is 0 Å². The first kappa shape index (κ1) is 79.9. The van der Waals surface area contributed by atoms with E-state index in [1.807, 2.05) is 120 Å². The largest absolute Gasteiger partial charge is 0.508 e. The number of ether oxygens (including phenoxy) is 2. The van der Waals surface area contributed by atoms with Crippen LogP contribution in [0.4, 0.5) is 11.4 Å². The van der Waals surface area contributed by atoms with Crippen molar-refractivity contribution in [3.63, 3.8) is 0 Å². The Morgan fingerprint density at radius 1 is 0.393 bits per heavy atom. The molecule has 3 fully saturated rings. The summed E-state index contributed by atoms with van der Waals surface area (Å²) in [6.07, 6.45) is 8.23. The molecular weight excluding hydrogens is 1330 g/mol. The van der Waals surface area contributed by atoms with Gasteiger partial charge in [-0.05, 0) is 269 Å². The number of anilines is 2. The molecule has 0 atom stereocenters. The average molecular weight is 1440 g/mol. The maximum atomic E-state index is 12.4. The fraction of sp³-hybridized carbons (Fsp3) is 0.347. The maximum absolute atomic E-state index is 12.4. The number of hydrogen-bond acceptors (Lipinski definition) is 12. The zero-order chi connectivity index (χ0) is 75.9. The van der Waals surface area contributed by atoms with E-state index in [4.69, 9.17) is 9.47 Å². The number of carbonyl (C=O) groups excluding carboxylic acids is 2. The van der Waals surface area contributed by atoms with Crippen LogP contribution in [0.2, 0.25) is 0 Å². The number of piperazine rings is 2. The topological polar surface area (TPSA) is 146 Å². The van der Waals surface area contributed by atoms with Crippen LogP contribution in [0.1, 0.15) is 175 Å². The number of allylic oxidation sites excluding steroid dienone is 3. The standard InChI is InChI=1S/C33H40N2O3.C32H36O3.C30H36N2O2/c1-33(2,3)32(37)38-29-18-14-27(15-19-29)31(30(11-8-24-36)25-9-6-5-7-10-25)26-12-16-28(17-13-26)35-22-20-34(4)21-23-35;1-32(2,3)31(34)35-28-20-18-27(19-21-28)30(26-16-14-24(15-17-26)23-11-7-12-23)29(13-8-22-33)25-9-5-4-6-10-25;1-23(2)31-18-20-32(21-19-31)27-14-10-25(11-15-27)30(26-12-16-28(34)17-13-26)29(9-6-22-33)24-7-4-3-5-8-24/h5-7,9-10,12-19,36H,8,11,20-24H2,1-4H3;4-6,9-10,14-21,23,33H,7-8,11-13,22H2,1-3H3;3-5,7-8,10-17,23,33-34H,6,9,18-22H2,1-2H3/b31-30+;2*30-29+. The normalized spacial score (nSPS) is 15.1. The highest BCUT2D eigenvalue weighted by Crippen LogP contribution is 2.42. The van der Waals surface area contributed by atoms with Crippen molar-refractivity contribution in [3.05, 3.63) is 292 Å². The molecule has 1 aliphatic carbocycles. The van der Waals surface area contributed by atoms with Crippen molar-refractivity contribution in [1.29, 1.82) is 0 Å². The van der Waals surface area contributed by atoms with Crippen LogP contribution >= 0.6 is 0 Å². The highest BCUT2D eigenvalue weighted by Gasteiger charge is 2.28. The highest BCUT2D eigenvalue weighted by atomic mass is 16.5. The summed E-state index contributed by atoms with van der Waals surface area (Å²) < 4.78 is 11.2. The van der Waals surface area contributed by atoms with Gasteiger partial charge in [-0.2, -0.15) is 0 Å². The molecule has 1 saturated carbocycles. The van der Waals surface area contributed by atoms with E-state index in [9.17, 15) is 30.0 Å². The van der Waals surface area contributed by atoms with Crippen molar-refractivity contribution in [3.8, 4) is 17.2 Å². The molecule has 2 aliphatic heterocycles. The monoisotopic (exact) mass is 1440 g/mol. The smallest absolute Gasteiger partial charge is 0.316 e. The van der Waals surface area contributed by atoms with Gasteiger partial charge in [0.15, 0.2) is 0 Å². The Hall–Kier alpha value is -9.66. The third-order valence-corrected chi connectivity index (χ3v) is 20.5. The van der Waals surface area contributed by atoms with E-state index in [1.54, 1.807) is 12.1 Å². The van der Waals surface area contributed by atoms with Crippen molar-refractivity contribution in [1.82, 2.24) is 9.80 Å². The Bertz CT molecular complexity index is 4330. The number of nitrogens with zero attached hydrogens (tertiary/aromatic N) is 4. The van der Waals surface area contributed by atoms with E-state index in [0.29, 0.717) is 42.7 Å². The van der Waals surface area contributed by atoms with Crippen LogP contribution in [0, 0.1) is 10.8 Å². The summed E-state index contributed by atoms with van der Waals surface area (Å²) in [7, 11) is 2.17. The second-order valence-electron chi connectivity index (χ2n) is 30.8. The summed E-state index contributed by atoms with van der Waals surface area (Å²) in [6, 6.07) is 81.6. The molecule has 2 saturated heterocycles. The lowest BCUT2D eigenvalue weighted by molar-refractivity contribution is -0.143. The van der Waals surface area contributed by atoms with E-state index in [0.717, 1.165) is 138 Å². The average Bonchev–Trinajstić information content (AvgIpc) is 0.802. The number of carbonyl (C=O) groups is 2. The molecule has 2 heterocycles. The number of benzene rings is 9. The molecule has 12 nitrogen and oxygen atoms in total. The lowest BCUT2D eigenvalue weighted by atomic mass is 9.79. The van der Waals surface area contributed by atoms with Gasteiger partial charge < -0.3 is 44.6 Å². The van der Waals surface area contributed by atoms with Crippen LogP contribution in [0.15, 0.2) is 237 Å². The number of aliphatic hydroxyl groups excluding tert-OH is 3. The van der Waals surface area contributed by atoms with Gasteiger partial charge in [0.25, 0.3) is 0 Å². The Balaban J connectivity index is 0.000000172. The number of phenolic OH excluding ortho intramolecular Hbond substituents is 1. The number of phenols is 1. The van der Waals surface area contributed by atoms with Gasteiger partial charge in [0.1, 0.15) is 17.2 Å². The fourth-order valence-corrected chi connectivity index (χ4v) is 13.9. The number of likely N-dealkylation sites (N-methyl/N-ethyl adjacent to an activating group) is 1. The SMILES string of the molecule is CC(C)(C)C(=O)Oc1ccc(/C(=C(\CCCO)c2ccccc2)c2ccc(C3CCC3)cc2)cc1.CC(C)N1CCN(c2ccc(/C(=C(/CCCO)c3ccccc3)c3ccc(O)cc3)cc2)CC1.CN1CCN(c2ccc(/C(=C(/CCCO)c3ccccc3)c3ccc(OC(=O)C(C)(C)C)cc3)cc2)CC1. The molecule has 12 rings (SSSR count). The first-order chi connectivity index (χ1) is 51.7. The van der Waals surface area contributed by atoms with Crippen LogP contribution in [-0.4, -0.2) is 127 Å².